The fourth-order valence-electron chi connectivity index (χ4n) is 3.15. The van der Waals surface area contributed by atoms with Gasteiger partial charge in [-0.25, -0.2) is 18.0 Å². The minimum Gasteiger partial charge on any atom is -0.462 e. The lowest BCUT2D eigenvalue weighted by Crippen LogP contribution is -2.49. The zero-order valence-corrected chi connectivity index (χ0v) is 17.6. The van der Waals surface area contributed by atoms with Gasteiger partial charge < -0.3 is 14.8 Å². The van der Waals surface area contributed by atoms with Gasteiger partial charge in [0.25, 0.3) is 0 Å². The van der Waals surface area contributed by atoms with Gasteiger partial charge in [0.2, 0.25) is 15.9 Å². The molecule has 10 heteroatoms. The molecule has 1 N–H and O–H groups in total. The summed E-state index contributed by atoms with van der Waals surface area (Å²) in [6, 6.07) is 3.24. The molecule has 0 aromatic heterocycles. The number of hydrogen-bond donors (Lipinski definition) is 1. The zero-order valence-electron chi connectivity index (χ0n) is 16.8. The number of esters is 2. The number of benzene rings is 1. The molecular weight excluding hydrogens is 400 g/mol. The topological polar surface area (TPSA) is 119 Å². The molecule has 29 heavy (non-hydrogen) atoms. The van der Waals surface area contributed by atoms with Crippen LogP contribution in [0.25, 0.3) is 0 Å². The second-order valence-electron chi connectivity index (χ2n) is 6.61. The van der Waals surface area contributed by atoms with Crippen molar-refractivity contribution in [3.8, 4) is 0 Å². The van der Waals surface area contributed by atoms with Gasteiger partial charge in [-0.2, -0.15) is 4.31 Å². The summed E-state index contributed by atoms with van der Waals surface area (Å²) in [5, 5.41) is 2.63. The minimum absolute atomic E-state index is 0.0799. The van der Waals surface area contributed by atoms with Crippen LogP contribution in [0.1, 0.15) is 53.8 Å². The Balaban J connectivity index is 2.33. The molecule has 1 saturated heterocycles. The number of hydrogen-bond acceptors (Lipinski definition) is 7. The number of anilines is 1. The highest BCUT2D eigenvalue weighted by molar-refractivity contribution is 7.88. The first kappa shape index (κ1) is 22.8. The third-order valence-corrected chi connectivity index (χ3v) is 5.69. The van der Waals surface area contributed by atoms with Crippen LogP contribution in [0.15, 0.2) is 18.2 Å². The van der Waals surface area contributed by atoms with E-state index in [-0.39, 0.29) is 36.6 Å². The van der Waals surface area contributed by atoms with Crippen molar-refractivity contribution in [1.82, 2.24) is 4.31 Å². The van der Waals surface area contributed by atoms with E-state index in [0.29, 0.717) is 12.8 Å². The molecular formula is C19H26N2O7S. The van der Waals surface area contributed by atoms with Gasteiger partial charge in [-0.05, 0) is 44.9 Å². The molecule has 1 aromatic rings. The lowest BCUT2D eigenvalue weighted by atomic mass is 10.0. The van der Waals surface area contributed by atoms with Crippen LogP contribution in [0.5, 0.6) is 0 Å². The van der Waals surface area contributed by atoms with Crippen LogP contribution in [0.2, 0.25) is 0 Å². The highest BCUT2D eigenvalue weighted by atomic mass is 32.2. The highest BCUT2D eigenvalue weighted by Crippen LogP contribution is 2.23. The Bertz CT molecular complexity index is 846. The Hall–Kier alpha value is -2.46. The Kier molecular flexibility index (Phi) is 7.74. The first-order chi connectivity index (χ1) is 13.7. The molecule has 2 rings (SSSR count). The van der Waals surface area contributed by atoms with E-state index in [9.17, 15) is 22.8 Å². The van der Waals surface area contributed by atoms with Gasteiger partial charge in [0, 0.05) is 12.2 Å². The highest BCUT2D eigenvalue weighted by Gasteiger charge is 2.34. The molecule has 1 heterocycles. The maximum atomic E-state index is 12.8. The van der Waals surface area contributed by atoms with E-state index in [4.69, 9.17) is 9.47 Å². The van der Waals surface area contributed by atoms with Crippen molar-refractivity contribution in [2.24, 2.45) is 0 Å². The van der Waals surface area contributed by atoms with E-state index in [1.165, 1.54) is 22.5 Å². The number of rotatable bonds is 7. The molecule has 1 amide bonds. The number of ether oxygens (including phenoxy) is 2. The van der Waals surface area contributed by atoms with Gasteiger partial charge in [-0.15, -0.1) is 0 Å². The molecule has 1 aliphatic rings. The first-order valence-electron chi connectivity index (χ1n) is 9.44. The monoisotopic (exact) mass is 426 g/mol. The predicted octanol–water partition coefficient (Wildman–Crippen LogP) is 1.79. The second-order valence-corrected chi connectivity index (χ2v) is 8.55. The number of nitrogens with zero attached hydrogens (tertiary/aromatic N) is 1. The summed E-state index contributed by atoms with van der Waals surface area (Å²) in [6.07, 6.45) is 2.86. The fourth-order valence-corrected chi connectivity index (χ4v) is 4.28. The van der Waals surface area contributed by atoms with Crippen LogP contribution >= 0.6 is 0 Å². The van der Waals surface area contributed by atoms with Gasteiger partial charge in [0.1, 0.15) is 6.04 Å². The Morgan fingerprint density at radius 1 is 1.03 bits per heavy atom. The van der Waals surface area contributed by atoms with Crippen LogP contribution in [-0.4, -0.2) is 62.6 Å². The van der Waals surface area contributed by atoms with Gasteiger partial charge in [0.05, 0.1) is 30.6 Å². The van der Waals surface area contributed by atoms with Crippen LogP contribution in [0, 0.1) is 0 Å². The lowest BCUT2D eigenvalue weighted by molar-refractivity contribution is -0.120. The van der Waals surface area contributed by atoms with Crippen molar-refractivity contribution >= 4 is 33.6 Å². The van der Waals surface area contributed by atoms with Crippen LogP contribution in [-0.2, 0) is 24.3 Å². The number of amides is 1. The quantitative estimate of drug-likeness (QED) is 0.660. The molecule has 160 valence electrons. The molecule has 0 bridgehead atoms. The molecule has 9 nitrogen and oxygen atoms in total. The van der Waals surface area contributed by atoms with Crippen molar-refractivity contribution in [3.63, 3.8) is 0 Å². The normalized spacial score (nSPS) is 17.4. The van der Waals surface area contributed by atoms with Crippen molar-refractivity contribution in [1.29, 1.82) is 0 Å². The van der Waals surface area contributed by atoms with E-state index in [0.717, 1.165) is 12.7 Å². The average molecular weight is 426 g/mol. The van der Waals surface area contributed by atoms with E-state index in [2.05, 4.69) is 5.32 Å². The number of sulfonamides is 1. The average Bonchev–Trinajstić information content (AvgIpc) is 2.67. The summed E-state index contributed by atoms with van der Waals surface area (Å²) in [5.74, 6) is -1.82. The van der Waals surface area contributed by atoms with E-state index in [1.807, 2.05) is 0 Å². The van der Waals surface area contributed by atoms with Gasteiger partial charge in [-0.1, -0.05) is 6.42 Å². The van der Waals surface area contributed by atoms with Gasteiger partial charge in [-0.3, -0.25) is 4.79 Å². The molecule has 1 atom stereocenters. The molecule has 0 saturated carbocycles. The summed E-state index contributed by atoms with van der Waals surface area (Å²) < 4.78 is 35.1. The molecule has 1 aliphatic heterocycles. The van der Waals surface area contributed by atoms with Crippen molar-refractivity contribution in [2.45, 2.75) is 39.2 Å². The van der Waals surface area contributed by atoms with Gasteiger partial charge in [0.15, 0.2) is 0 Å². The Morgan fingerprint density at radius 2 is 1.59 bits per heavy atom. The van der Waals surface area contributed by atoms with Crippen molar-refractivity contribution < 1.29 is 32.3 Å². The summed E-state index contributed by atoms with van der Waals surface area (Å²) in [5.41, 5.74) is 0.343. The predicted molar refractivity (Wildman–Crippen MR) is 106 cm³/mol. The second kappa shape index (κ2) is 9.84. The van der Waals surface area contributed by atoms with E-state index in [1.54, 1.807) is 13.8 Å². The van der Waals surface area contributed by atoms with Crippen molar-refractivity contribution in [2.75, 3.05) is 31.3 Å². The Morgan fingerprint density at radius 3 is 2.07 bits per heavy atom. The van der Waals surface area contributed by atoms with Crippen LogP contribution in [0.3, 0.4) is 0 Å². The molecule has 0 unspecified atom stereocenters. The summed E-state index contributed by atoms with van der Waals surface area (Å²) in [6.45, 7) is 3.87. The fraction of sp³-hybridized carbons (Fsp3) is 0.526. The zero-order chi connectivity index (χ0) is 21.6. The SMILES string of the molecule is CCOC(=O)c1cc(NC(=O)[C@@H]2CCCCN2S(C)(=O)=O)cc(C(=O)OCC)c1. The van der Waals surface area contributed by atoms with Crippen molar-refractivity contribution in [3.05, 3.63) is 29.3 Å². The summed E-state index contributed by atoms with van der Waals surface area (Å²) in [7, 11) is -3.55. The molecule has 1 aromatic carbocycles. The number of nitrogens with one attached hydrogen (secondary N) is 1. The van der Waals surface area contributed by atoms with Gasteiger partial charge >= 0.3 is 11.9 Å². The standard InChI is InChI=1S/C19H26N2O7S/c1-4-27-18(23)13-10-14(19(24)28-5-2)12-15(11-13)20-17(22)16-8-6-7-9-21(16)29(3,25)26/h10-12,16H,4-9H2,1-3H3,(H,20,22)/t16-/m0/s1. The number of piperidine rings is 1. The molecule has 0 radical (unpaired) electrons. The number of carbonyl (C=O) groups is 3. The first-order valence-corrected chi connectivity index (χ1v) is 11.3. The minimum atomic E-state index is -3.55. The molecule has 0 aliphatic carbocycles. The van der Waals surface area contributed by atoms with Crippen LogP contribution in [0.4, 0.5) is 5.69 Å². The third-order valence-electron chi connectivity index (χ3n) is 4.41. The third kappa shape index (κ3) is 6.01. The lowest BCUT2D eigenvalue weighted by Gasteiger charge is -2.32. The largest absolute Gasteiger partial charge is 0.462 e. The Labute approximate surface area is 170 Å². The maximum absolute atomic E-state index is 12.8. The summed E-state index contributed by atoms with van der Waals surface area (Å²) >= 11 is 0. The maximum Gasteiger partial charge on any atom is 0.338 e. The molecule has 1 fully saturated rings. The smallest absolute Gasteiger partial charge is 0.338 e. The van der Waals surface area contributed by atoms with E-state index >= 15 is 0 Å². The number of carbonyl (C=O) groups excluding carboxylic acids is 3. The van der Waals surface area contributed by atoms with Crippen LogP contribution < -0.4 is 5.32 Å². The van der Waals surface area contributed by atoms with E-state index < -0.39 is 33.9 Å². The summed E-state index contributed by atoms with van der Waals surface area (Å²) in [4.78, 5) is 37.0. The molecule has 0 spiro atoms.